The second-order valence-corrected chi connectivity index (χ2v) is 5.68. The first-order chi connectivity index (χ1) is 13.2. The molecule has 3 aromatic rings. The summed E-state index contributed by atoms with van der Waals surface area (Å²) in [5, 5.41) is 2.79. The number of para-hydroxylation sites is 1. The van der Waals surface area contributed by atoms with Gasteiger partial charge in [-0.15, -0.1) is 0 Å². The number of nitrogens with one attached hydrogen (secondary N) is 1. The summed E-state index contributed by atoms with van der Waals surface area (Å²) >= 11 is 0. The van der Waals surface area contributed by atoms with Crippen LogP contribution < -0.4 is 19.5 Å². The standard InChI is InChI=1S/C22H21NO4/c1-2-25-18-12-14-19(15-13-18)26-16-22(24)23-17-8-10-21(11-9-17)27-20-6-4-3-5-7-20/h3-15H,2,16H2,1H3,(H,23,24). The molecular formula is C22H21NO4. The van der Waals surface area contributed by atoms with Crippen molar-refractivity contribution in [1.82, 2.24) is 0 Å². The minimum absolute atomic E-state index is 0.0732. The van der Waals surface area contributed by atoms with Gasteiger partial charge in [0.25, 0.3) is 5.91 Å². The molecule has 27 heavy (non-hydrogen) atoms. The fraction of sp³-hybridized carbons (Fsp3) is 0.136. The van der Waals surface area contributed by atoms with Gasteiger partial charge in [-0.1, -0.05) is 18.2 Å². The second-order valence-electron chi connectivity index (χ2n) is 5.68. The van der Waals surface area contributed by atoms with E-state index in [0.29, 0.717) is 23.8 Å². The fourth-order valence-corrected chi connectivity index (χ4v) is 2.38. The molecule has 3 rings (SSSR count). The lowest BCUT2D eigenvalue weighted by molar-refractivity contribution is -0.118. The van der Waals surface area contributed by atoms with E-state index in [4.69, 9.17) is 14.2 Å². The Morgan fingerprint density at radius 2 is 1.30 bits per heavy atom. The third-order valence-corrected chi connectivity index (χ3v) is 3.62. The Bertz CT molecular complexity index is 846. The zero-order chi connectivity index (χ0) is 18.9. The lowest BCUT2D eigenvalue weighted by atomic mass is 10.3. The minimum atomic E-state index is -0.236. The fourth-order valence-electron chi connectivity index (χ4n) is 2.38. The average molecular weight is 363 g/mol. The maximum absolute atomic E-state index is 12.0. The van der Waals surface area contributed by atoms with Crippen molar-refractivity contribution in [3.05, 3.63) is 78.9 Å². The lowest BCUT2D eigenvalue weighted by Gasteiger charge is -2.09. The van der Waals surface area contributed by atoms with Crippen molar-refractivity contribution in [2.75, 3.05) is 18.5 Å². The number of carbonyl (C=O) groups excluding carboxylic acids is 1. The van der Waals surface area contributed by atoms with E-state index in [-0.39, 0.29) is 12.5 Å². The van der Waals surface area contributed by atoms with Gasteiger partial charge in [0.1, 0.15) is 23.0 Å². The van der Waals surface area contributed by atoms with Crippen LogP contribution in [0.3, 0.4) is 0 Å². The van der Waals surface area contributed by atoms with Crippen LogP contribution in [0.5, 0.6) is 23.0 Å². The number of amides is 1. The largest absolute Gasteiger partial charge is 0.494 e. The summed E-state index contributed by atoms with van der Waals surface area (Å²) < 4.78 is 16.6. The van der Waals surface area contributed by atoms with Crippen molar-refractivity contribution in [2.24, 2.45) is 0 Å². The van der Waals surface area contributed by atoms with Crippen LogP contribution in [0.1, 0.15) is 6.92 Å². The van der Waals surface area contributed by atoms with Crippen LogP contribution in [0.4, 0.5) is 5.69 Å². The predicted molar refractivity (Wildman–Crippen MR) is 105 cm³/mol. The molecule has 1 N–H and O–H groups in total. The van der Waals surface area contributed by atoms with Crippen molar-refractivity contribution in [1.29, 1.82) is 0 Å². The summed E-state index contributed by atoms with van der Waals surface area (Å²) in [6, 6.07) is 23.9. The Morgan fingerprint density at radius 3 is 1.93 bits per heavy atom. The van der Waals surface area contributed by atoms with Crippen LogP contribution in [0, 0.1) is 0 Å². The molecule has 138 valence electrons. The molecule has 0 radical (unpaired) electrons. The Labute approximate surface area is 158 Å². The van der Waals surface area contributed by atoms with Gasteiger partial charge in [-0.25, -0.2) is 0 Å². The van der Waals surface area contributed by atoms with Crippen LogP contribution >= 0.6 is 0 Å². The predicted octanol–water partition coefficient (Wildman–Crippen LogP) is 4.90. The van der Waals surface area contributed by atoms with Crippen molar-refractivity contribution in [3.63, 3.8) is 0 Å². The van der Waals surface area contributed by atoms with Crippen LogP contribution in [-0.4, -0.2) is 19.1 Å². The number of rotatable bonds is 8. The molecule has 0 aliphatic heterocycles. The van der Waals surface area contributed by atoms with E-state index in [1.807, 2.05) is 49.4 Å². The molecule has 0 saturated heterocycles. The smallest absolute Gasteiger partial charge is 0.262 e. The molecule has 5 heteroatoms. The number of benzene rings is 3. The molecule has 0 heterocycles. The van der Waals surface area contributed by atoms with E-state index >= 15 is 0 Å². The van der Waals surface area contributed by atoms with Gasteiger partial charge in [-0.3, -0.25) is 4.79 Å². The summed E-state index contributed by atoms with van der Waals surface area (Å²) in [4.78, 5) is 12.0. The molecule has 0 unspecified atom stereocenters. The second kappa shape index (κ2) is 9.29. The number of carbonyl (C=O) groups is 1. The van der Waals surface area contributed by atoms with E-state index in [1.54, 1.807) is 36.4 Å². The van der Waals surface area contributed by atoms with Crippen LogP contribution in [0.2, 0.25) is 0 Å². The molecule has 3 aromatic carbocycles. The van der Waals surface area contributed by atoms with Gasteiger partial charge >= 0.3 is 0 Å². The first kappa shape index (κ1) is 18.3. The zero-order valence-corrected chi connectivity index (χ0v) is 15.1. The molecule has 0 bridgehead atoms. The summed E-state index contributed by atoms with van der Waals surface area (Å²) in [7, 11) is 0. The van der Waals surface area contributed by atoms with Gasteiger partial charge in [-0.05, 0) is 67.6 Å². The Hall–Kier alpha value is -3.47. The van der Waals surface area contributed by atoms with Crippen molar-refractivity contribution >= 4 is 11.6 Å². The van der Waals surface area contributed by atoms with Crippen LogP contribution in [0.25, 0.3) is 0 Å². The quantitative estimate of drug-likeness (QED) is 0.619. The van der Waals surface area contributed by atoms with E-state index in [2.05, 4.69) is 5.32 Å². The SMILES string of the molecule is CCOc1ccc(OCC(=O)Nc2ccc(Oc3ccccc3)cc2)cc1. The minimum Gasteiger partial charge on any atom is -0.494 e. The number of ether oxygens (including phenoxy) is 3. The maximum Gasteiger partial charge on any atom is 0.262 e. The monoisotopic (exact) mass is 363 g/mol. The molecule has 5 nitrogen and oxygen atoms in total. The third-order valence-electron chi connectivity index (χ3n) is 3.62. The Morgan fingerprint density at radius 1 is 0.741 bits per heavy atom. The normalized spacial score (nSPS) is 10.1. The lowest BCUT2D eigenvalue weighted by Crippen LogP contribution is -2.20. The number of hydrogen-bond acceptors (Lipinski definition) is 4. The molecule has 0 aliphatic rings. The van der Waals surface area contributed by atoms with Gasteiger partial charge in [0.15, 0.2) is 6.61 Å². The molecular weight excluding hydrogens is 342 g/mol. The summed E-state index contributed by atoms with van der Waals surface area (Å²) in [6.07, 6.45) is 0. The molecule has 0 spiro atoms. The third kappa shape index (κ3) is 5.78. The van der Waals surface area contributed by atoms with Gasteiger partial charge in [0, 0.05) is 5.69 Å². The van der Waals surface area contributed by atoms with Gasteiger partial charge in [0.2, 0.25) is 0 Å². The molecule has 1 amide bonds. The molecule has 0 aromatic heterocycles. The number of anilines is 1. The van der Waals surface area contributed by atoms with Crippen molar-refractivity contribution < 1.29 is 19.0 Å². The van der Waals surface area contributed by atoms with E-state index in [1.165, 1.54) is 0 Å². The number of hydrogen-bond donors (Lipinski definition) is 1. The van der Waals surface area contributed by atoms with Gasteiger partial charge in [0.05, 0.1) is 6.61 Å². The van der Waals surface area contributed by atoms with Crippen LogP contribution in [-0.2, 0) is 4.79 Å². The highest BCUT2D eigenvalue weighted by molar-refractivity contribution is 5.91. The highest BCUT2D eigenvalue weighted by Gasteiger charge is 2.05. The van der Waals surface area contributed by atoms with Crippen LogP contribution in [0.15, 0.2) is 78.9 Å². The summed E-state index contributed by atoms with van der Waals surface area (Å²) in [5.41, 5.74) is 0.677. The van der Waals surface area contributed by atoms with E-state index in [9.17, 15) is 4.79 Å². The van der Waals surface area contributed by atoms with E-state index in [0.717, 1.165) is 11.5 Å². The Kier molecular flexibility index (Phi) is 6.30. The first-order valence-corrected chi connectivity index (χ1v) is 8.71. The summed E-state index contributed by atoms with van der Waals surface area (Å²) in [5.74, 6) is 2.61. The average Bonchev–Trinajstić information content (AvgIpc) is 2.70. The van der Waals surface area contributed by atoms with Crippen molar-refractivity contribution in [2.45, 2.75) is 6.92 Å². The summed E-state index contributed by atoms with van der Waals surface area (Å²) in [6.45, 7) is 2.46. The molecule has 0 aliphatic carbocycles. The molecule has 0 fully saturated rings. The highest BCUT2D eigenvalue weighted by atomic mass is 16.5. The molecule has 0 saturated carbocycles. The topological polar surface area (TPSA) is 56.8 Å². The maximum atomic E-state index is 12.0. The first-order valence-electron chi connectivity index (χ1n) is 8.71. The molecule has 0 atom stereocenters. The van der Waals surface area contributed by atoms with Gasteiger partial charge < -0.3 is 19.5 Å². The Balaban J connectivity index is 1.47. The van der Waals surface area contributed by atoms with Gasteiger partial charge in [-0.2, -0.15) is 0 Å². The van der Waals surface area contributed by atoms with E-state index < -0.39 is 0 Å². The van der Waals surface area contributed by atoms with Crippen molar-refractivity contribution in [3.8, 4) is 23.0 Å². The highest BCUT2D eigenvalue weighted by Crippen LogP contribution is 2.22. The zero-order valence-electron chi connectivity index (χ0n) is 15.1.